The van der Waals surface area contributed by atoms with Crippen molar-refractivity contribution in [2.24, 2.45) is 5.92 Å². The molecule has 0 aliphatic carbocycles. The molecule has 2 unspecified atom stereocenters. The maximum absolute atomic E-state index is 13.6. The monoisotopic (exact) mass is 429 g/mol. The van der Waals surface area contributed by atoms with Crippen molar-refractivity contribution < 1.29 is 9.59 Å². The molecule has 0 saturated heterocycles. The molecular formula is C25H23N3O2S. The zero-order valence-corrected chi connectivity index (χ0v) is 18.2. The molecule has 0 saturated carbocycles. The largest absolute Gasteiger partial charge is 0.329 e. The van der Waals surface area contributed by atoms with Gasteiger partial charge in [0, 0.05) is 22.7 Å². The molecule has 0 radical (unpaired) electrons. The Balaban J connectivity index is 1.81. The first-order valence-electron chi connectivity index (χ1n) is 10.2. The van der Waals surface area contributed by atoms with Gasteiger partial charge in [-0.3, -0.25) is 9.59 Å². The molecule has 1 aromatic heterocycles. The van der Waals surface area contributed by atoms with E-state index < -0.39 is 5.92 Å². The smallest absolute Gasteiger partial charge is 0.254 e. The number of nitriles is 1. The lowest BCUT2D eigenvalue weighted by Crippen LogP contribution is -2.47. The summed E-state index contributed by atoms with van der Waals surface area (Å²) in [6.45, 7) is 4.70. The van der Waals surface area contributed by atoms with Gasteiger partial charge in [-0.25, -0.2) is 0 Å². The van der Waals surface area contributed by atoms with E-state index in [1.807, 2.05) is 40.6 Å². The maximum Gasteiger partial charge on any atom is 0.254 e. The summed E-state index contributed by atoms with van der Waals surface area (Å²) >= 11 is 1.55. The second-order valence-corrected chi connectivity index (χ2v) is 9.04. The third-order valence-electron chi connectivity index (χ3n) is 5.38. The first kappa shape index (κ1) is 20.8. The van der Waals surface area contributed by atoms with E-state index in [1.54, 1.807) is 41.7 Å². The zero-order valence-electron chi connectivity index (χ0n) is 17.4. The third-order valence-corrected chi connectivity index (χ3v) is 6.32. The van der Waals surface area contributed by atoms with Crippen LogP contribution in [-0.4, -0.2) is 23.3 Å². The molecule has 3 aromatic rings. The van der Waals surface area contributed by atoms with Crippen LogP contribution in [0, 0.1) is 17.2 Å². The van der Waals surface area contributed by atoms with Crippen molar-refractivity contribution in [3.8, 4) is 6.07 Å². The molecule has 0 spiro atoms. The van der Waals surface area contributed by atoms with E-state index >= 15 is 0 Å². The second kappa shape index (κ2) is 8.75. The van der Waals surface area contributed by atoms with Gasteiger partial charge in [0.15, 0.2) is 0 Å². The van der Waals surface area contributed by atoms with Crippen LogP contribution in [0.4, 0.5) is 5.69 Å². The summed E-state index contributed by atoms with van der Waals surface area (Å²) < 4.78 is 0. The predicted octanol–water partition coefficient (Wildman–Crippen LogP) is 5.20. The molecule has 31 heavy (non-hydrogen) atoms. The topological polar surface area (TPSA) is 73.2 Å². The highest BCUT2D eigenvalue weighted by Crippen LogP contribution is 2.44. The summed E-state index contributed by atoms with van der Waals surface area (Å²) in [5.74, 6) is -0.537. The number of carbonyl (C=O) groups excluding carboxylic acids is 2. The number of hydrogen-bond donors (Lipinski definition) is 1. The molecule has 1 aliphatic heterocycles. The number of amides is 2. The fourth-order valence-corrected chi connectivity index (χ4v) is 5.01. The van der Waals surface area contributed by atoms with Crippen molar-refractivity contribution in [1.29, 1.82) is 5.26 Å². The van der Waals surface area contributed by atoms with Crippen LogP contribution >= 0.6 is 11.3 Å². The summed E-state index contributed by atoms with van der Waals surface area (Å²) in [4.78, 5) is 29.9. The molecule has 2 aromatic carbocycles. The Hall–Kier alpha value is -3.43. The average molecular weight is 430 g/mol. The van der Waals surface area contributed by atoms with Crippen LogP contribution in [0.25, 0.3) is 0 Å². The van der Waals surface area contributed by atoms with Crippen LogP contribution in [-0.2, 0) is 4.79 Å². The van der Waals surface area contributed by atoms with E-state index in [2.05, 4.69) is 25.2 Å². The Morgan fingerprint density at radius 1 is 1.16 bits per heavy atom. The van der Waals surface area contributed by atoms with Gasteiger partial charge in [0.2, 0.25) is 5.91 Å². The SMILES string of the molecule is CC(C)CN1C(=O)c2ccccc2C(C(=O)Nc2cccc(C#N)c2)C1c1cccs1. The first-order valence-corrected chi connectivity index (χ1v) is 11.1. The maximum atomic E-state index is 13.6. The van der Waals surface area contributed by atoms with Gasteiger partial charge in [-0.1, -0.05) is 44.2 Å². The van der Waals surface area contributed by atoms with Crippen molar-refractivity contribution in [1.82, 2.24) is 4.90 Å². The second-order valence-electron chi connectivity index (χ2n) is 8.06. The van der Waals surface area contributed by atoms with Crippen molar-refractivity contribution in [2.45, 2.75) is 25.8 Å². The van der Waals surface area contributed by atoms with Crippen molar-refractivity contribution in [3.05, 3.63) is 87.6 Å². The fourth-order valence-electron chi connectivity index (χ4n) is 4.13. The van der Waals surface area contributed by atoms with Crippen molar-refractivity contribution >= 4 is 28.8 Å². The lowest BCUT2D eigenvalue weighted by atomic mass is 9.81. The summed E-state index contributed by atoms with van der Waals surface area (Å²) in [7, 11) is 0. The standard InChI is InChI=1S/C25H23N3O2S/c1-16(2)15-28-23(21-11-6-12-31-21)22(19-9-3-4-10-20(19)25(28)30)24(29)27-18-8-5-7-17(13-18)14-26/h3-13,16,22-23H,15H2,1-2H3,(H,27,29). The minimum Gasteiger partial charge on any atom is -0.329 e. The number of thiophene rings is 1. The average Bonchev–Trinajstić information content (AvgIpc) is 3.29. The van der Waals surface area contributed by atoms with E-state index in [0.717, 1.165) is 10.4 Å². The molecular weight excluding hydrogens is 406 g/mol. The first-order chi connectivity index (χ1) is 15.0. The molecule has 4 rings (SSSR count). The predicted molar refractivity (Wildman–Crippen MR) is 122 cm³/mol. The number of nitrogens with one attached hydrogen (secondary N) is 1. The molecule has 2 amide bonds. The molecule has 156 valence electrons. The number of nitrogens with zero attached hydrogens (tertiary/aromatic N) is 2. The number of anilines is 1. The van der Waals surface area contributed by atoms with Gasteiger partial charge in [-0.15, -0.1) is 11.3 Å². The fraction of sp³-hybridized carbons (Fsp3) is 0.240. The Morgan fingerprint density at radius 2 is 1.97 bits per heavy atom. The highest BCUT2D eigenvalue weighted by atomic mass is 32.1. The van der Waals surface area contributed by atoms with Crippen LogP contribution < -0.4 is 5.32 Å². The number of fused-ring (bicyclic) bond motifs is 1. The van der Waals surface area contributed by atoms with Gasteiger partial charge in [-0.2, -0.15) is 5.26 Å². The van der Waals surface area contributed by atoms with Crippen LogP contribution in [0.15, 0.2) is 66.0 Å². The summed E-state index contributed by atoms with van der Waals surface area (Å²) in [6, 6.07) is 19.9. The number of benzene rings is 2. The minimum atomic E-state index is -0.558. The van der Waals surface area contributed by atoms with Gasteiger partial charge in [0.05, 0.1) is 23.6 Å². The van der Waals surface area contributed by atoms with E-state index in [1.165, 1.54) is 0 Å². The van der Waals surface area contributed by atoms with E-state index in [4.69, 9.17) is 0 Å². The van der Waals surface area contributed by atoms with Crippen LogP contribution in [0.5, 0.6) is 0 Å². The minimum absolute atomic E-state index is 0.0433. The van der Waals surface area contributed by atoms with Gasteiger partial charge in [0.1, 0.15) is 0 Å². The number of hydrogen-bond acceptors (Lipinski definition) is 4. The highest BCUT2D eigenvalue weighted by Gasteiger charge is 2.44. The van der Waals surface area contributed by atoms with E-state index in [9.17, 15) is 14.9 Å². The van der Waals surface area contributed by atoms with Gasteiger partial charge < -0.3 is 10.2 Å². The van der Waals surface area contributed by atoms with Crippen LogP contribution in [0.2, 0.25) is 0 Å². The molecule has 2 atom stereocenters. The van der Waals surface area contributed by atoms with Gasteiger partial charge in [-0.05, 0) is 47.2 Å². The molecule has 1 N–H and O–H groups in total. The quantitative estimate of drug-likeness (QED) is 0.606. The third kappa shape index (κ3) is 4.10. The number of carbonyl (C=O) groups is 2. The van der Waals surface area contributed by atoms with Crippen LogP contribution in [0.3, 0.4) is 0 Å². The van der Waals surface area contributed by atoms with E-state index in [0.29, 0.717) is 23.4 Å². The lowest BCUT2D eigenvalue weighted by molar-refractivity contribution is -0.119. The summed E-state index contributed by atoms with van der Waals surface area (Å²) in [6.07, 6.45) is 0. The molecule has 2 heterocycles. The van der Waals surface area contributed by atoms with Gasteiger partial charge in [0.25, 0.3) is 5.91 Å². The summed E-state index contributed by atoms with van der Waals surface area (Å²) in [5, 5.41) is 14.1. The Bertz CT molecular complexity index is 1150. The van der Waals surface area contributed by atoms with Crippen molar-refractivity contribution in [3.63, 3.8) is 0 Å². The molecule has 1 aliphatic rings. The summed E-state index contributed by atoms with van der Waals surface area (Å²) in [5.41, 5.74) is 2.36. The van der Waals surface area contributed by atoms with Gasteiger partial charge >= 0.3 is 0 Å². The Kier molecular flexibility index (Phi) is 5.88. The molecule has 0 fully saturated rings. The molecule has 5 nitrogen and oxygen atoms in total. The Morgan fingerprint density at radius 3 is 2.68 bits per heavy atom. The van der Waals surface area contributed by atoms with E-state index in [-0.39, 0.29) is 23.8 Å². The Labute approximate surface area is 185 Å². The normalized spacial score (nSPS) is 17.9. The molecule has 0 bridgehead atoms. The highest BCUT2D eigenvalue weighted by molar-refractivity contribution is 7.10. The molecule has 6 heteroatoms. The van der Waals surface area contributed by atoms with Crippen LogP contribution in [0.1, 0.15) is 52.2 Å². The van der Waals surface area contributed by atoms with Crippen molar-refractivity contribution in [2.75, 3.05) is 11.9 Å². The lowest BCUT2D eigenvalue weighted by Gasteiger charge is -2.42. The zero-order chi connectivity index (χ0) is 22.0. The number of rotatable bonds is 5.